The van der Waals surface area contributed by atoms with E-state index < -0.39 is 0 Å². The van der Waals surface area contributed by atoms with Gasteiger partial charge < -0.3 is 14.7 Å². The van der Waals surface area contributed by atoms with Gasteiger partial charge in [-0.2, -0.15) is 0 Å². The molecule has 122 valence electrons. The van der Waals surface area contributed by atoms with E-state index in [0.29, 0.717) is 18.8 Å². The molecule has 2 aromatic rings. The van der Waals surface area contributed by atoms with Gasteiger partial charge in [0.1, 0.15) is 6.26 Å². The molecule has 0 aliphatic rings. The Hall–Kier alpha value is -2.63. The monoisotopic (exact) mass is 315 g/mol. The van der Waals surface area contributed by atoms with Crippen LogP contribution in [0.2, 0.25) is 0 Å². The van der Waals surface area contributed by atoms with Gasteiger partial charge in [0.15, 0.2) is 5.82 Å². The van der Waals surface area contributed by atoms with Crippen LogP contribution < -0.4 is 5.32 Å². The molecular weight excluding hydrogens is 294 g/mol. The molecule has 6 nitrogen and oxygen atoms in total. The van der Waals surface area contributed by atoms with E-state index >= 15 is 0 Å². The lowest BCUT2D eigenvalue weighted by molar-refractivity contribution is -0.135. The molecule has 1 aromatic carbocycles. The highest BCUT2D eigenvalue weighted by molar-refractivity contribution is 5.94. The van der Waals surface area contributed by atoms with Gasteiger partial charge in [-0.3, -0.25) is 9.59 Å². The first-order valence-electron chi connectivity index (χ1n) is 7.69. The normalized spacial score (nSPS) is 11.7. The van der Waals surface area contributed by atoms with Gasteiger partial charge in [-0.05, 0) is 18.9 Å². The van der Waals surface area contributed by atoms with Gasteiger partial charge in [0.05, 0.1) is 12.5 Å². The summed E-state index contributed by atoms with van der Waals surface area (Å²) in [4.78, 5) is 26.4. The van der Waals surface area contributed by atoms with Crippen LogP contribution in [0, 0.1) is 0 Å². The number of carbonyl (C=O) groups excluding carboxylic acids is 2. The van der Waals surface area contributed by atoms with Crippen molar-refractivity contribution in [2.24, 2.45) is 0 Å². The zero-order valence-corrected chi connectivity index (χ0v) is 13.4. The van der Waals surface area contributed by atoms with Gasteiger partial charge in [0.25, 0.3) is 0 Å². The lowest BCUT2D eigenvalue weighted by Crippen LogP contribution is -2.40. The van der Waals surface area contributed by atoms with Crippen molar-refractivity contribution < 1.29 is 14.1 Å². The van der Waals surface area contributed by atoms with Gasteiger partial charge in [-0.1, -0.05) is 42.4 Å². The number of nitrogens with one attached hydrogen (secondary N) is 1. The fourth-order valence-electron chi connectivity index (χ4n) is 2.44. The van der Waals surface area contributed by atoms with Gasteiger partial charge in [-0.15, -0.1) is 0 Å². The Morgan fingerprint density at radius 1 is 1.22 bits per heavy atom. The molecule has 0 bridgehead atoms. The minimum absolute atomic E-state index is 0.00841. The van der Waals surface area contributed by atoms with Gasteiger partial charge in [0.2, 0.25) is 11.8 Å². The Balaban J connectivity index is 2.03. The molecule has 2 amide bonds. The molecule has 0 spiro atoms. The summed E-state index contributed by atoms with van der Waals surface area (Å²) in [6.07, 6.45) is 2.06. The smallest absolute Gasteiger partial charge is 0.245 e. The van der Waals surface area contributed by atoms with Gasteiger partial charge in [0, 0.05) is 12.6 Å². The Labute approximate surface area is 135 Å². The number of carbonyl (C=O) groups is 2. The van der Waals surface area contributed by atoms with Crippen LogP contribution in [0.15, 0.2) is 47.2 Å². The number of nitrogens with zero attached hydrogens (tertiary/aromatic N) is 2. The molecule has 1 heterocycles. The Morgan fingerprint density at radius 2 is 1.96 bits per heavy atom. The average molecular weight is 315 g/mol. The van der Waals surface area contributed by atoms with Crippen LogP contribution in [0.3, 0.4) is 0 Å². The third kappa shape index (κ3) is 4.42. The van der Waals surface area contributed by atoms with E-state index in [2.05, 4.69) is 15.0 Å². The van der Waals surface area contributed by atoms with E-state index in [4.69, 9.17) is 0 Å². The van der Waals surface area contributed by atoms with Crippen LogP contribution in [0.4, 0.5) is 5.82 Å². The molecule has 23 heavy (non-hydrogen) atoms. The summed E-state index contributed by atoms with van der Waals surface area (Å²) >= 11 is 0. The van der Waals surface area contributed by atoms with E-state index in [1.165, 1.54) is 6.26 Å². The highest BCUT2D eigenvalue weighted by Crippen LogP contribution is 2.22. The lowest BCUT2D eigenvalue weighted by Gasteiger charge is -2.25. The fourth-order valence-corrected chi connectivity index (χ4v) is 2.44. The predicted molar refractivity (Wildman–Crippen MR) is 86.9 cm³/mol. The van der Waals surface area contributed by atoms with Crippen molar-refractivity contribution in [3.05, 3.63) is 48.2 Å². The van der Waals surface area contributed by atoms with Crippen LogP contribution in [0.5, 0.6) is 0 Å². The standard InChI is InChI=1S/C17H21N3O3/c1-3-14(13-8-6-5-7-9-13)17(22)20(4-2)12-16(21)18-15-10-11-23-19-15/h5-11,14H,3-4,12H2,1-2H3,(H,18,19,21)/t14-/m0/s1. The third-order valence-electron chi connectivity index (χ3n) is 3.64. The quantitative estimate of drug-likeness (QED) is 0.852. The average Bonchev–Trinajstić information content (AvgIpc) is 3.07. The molecule has 0 aliphatic carbocycles. The molecule has 0 saturated carbocycles. The first-order valence-corrected chi connectivity index (χ1v) is 7.69. The van der Waals surface area contributed by atoms with Crippen LogP contribution in [0.25, 0.3) is 0 Å². The molecule has 1 aromatic heterocycles. The van der Waals surface area contributed by atoms with Crippen molar-refractivity contribution >= 4 is 17.6 Å². The Morgan fingerprint density at radius 3 is 2.52 bits per heavy atom. The number of hydrogen-bond donors (Lipinski definition) is 1. The zero-order valence-electron chi connectivity index (χ0n) is 13.4. The highest BCUT2D eigenvalue weighted by atomic mass is 16.5. The summed E-state index contributed by atoms with van der Waals surface area (Å²) in [6, 6.07) is 11.2. The van der Waals surface area contributed by atoms with Crippen molar-refractivity contribution in [3.8, 4) is 0 Å². The maximum atomic E-state index is 12.8. The van der Waals surface area contributed by atoms with Crippen molar-refractivity contribution in [1.82, 2.24) is 10.1 Å². The highest BCUT2D eigenvalue weighted by Gasteiger charge is 2.25. The molecule has 0 saturated heterocycles. The number of hydrogen-bond acceptors (Lipinski definition) is 4. The zero-order chi connectivity index (χ0) is 16.7. The number of anilines is 1. The minimum Gasteiger partial charge on any atom is -0.363 e. The third-order valence-corrected chi connectivity index (χ3v) is 3.64. The molecule has 6 heteroatoms. The summed E-state index contributed by atoms with van der Waals surface area (Å²) in [6.45, 7) is 4.29. The molecule has 0 aliphatic heterocycles. The fraction of sp³-hybridized carbons (Fsp3) is 0.353. The molecule has 2 rings (SSSR count). The number of amides is 2. The van der Waals surface area contributed by atoms with E-state index in [1.807, 2.05) is 44.2 Å². The van der Waals surface area contributed by atoms with E-state index in [-0.39, 0.29) is 24.3 Å². The second-order valence-electron chi connectivity index (χ2n) is 5.16. The number of benzene rings is 1. The summed E-state index contributed by atoms with van der Waals surface area (Å²) < 4.78 is 4.66. The predicted octanol–water partition coefficient (Wildman–Crippen LogP) is 2.66. The van der Waals surface area contributed by atoms with Gasteiger partial charge >= 0.3 is 0 Å². The number of rotatable bonds is 7. The van der Waals surface area contributed by atoms with Crippen molar-refractivity contribution in [3.63, 3.8) is 0 Å². The first kappa shape index (κ1) is 16.7. The SMILES string of the molecule is CC[C@H](C(=O)N(CC)CC(=O)Nc1ccon1)c1ccccc1. The first-order chi connectivity index (χ1) is 11.2. The maximum absolute atomic E-state index is 12.8. The molecule has 0 unspecified atom stereocenters. The van der Waals surface area contributed by atoms with Crippen LogP contribution in [-0.4, -0.2) is 35.0 Å². The van der Waals surface area contributed by atoms with Crippen molar-refractivity contribution in [2.45, 2.75) is 26.2 Å². The maximum Gasteiger partial charge on any atom is 0.245 e. The topological polar surface area (TPSA) is 75.4 Å². The number of aromatic nitrogens is 1. The summed E-state index contributed by atoms with van der Waals surface area (Å²) in [5, 5.41) is 6.22. The molecule has 1 N–H and O–H groups in total. The Kier molecular flexibility index (Phi) is 5.91. The van der Waals surface area contributed by atoms with Gasteiger partial charge in [-0.25, -0.2) is 0 Å². The van der Waals surface area contributed by atoms with Crippen LogP contribution in [-0.2, 0) is 9.59 Å². The second kappa shape index (κ2) is 8.12. The van der Waals surface area contributed by atoms with Crippen molar-refractivity contribution in [2.75, 3.05) is 18.4 Å². The second-order valence-corrected chi connectivity index (χ2v) is 5.16. The van der Waals surface area contributed by atoms with Crippen LogP contribution in [0.1, 0.15) is 31.7 Å². The lowest BCUT2D eigenvalue weighted by atomic mass is 9.95. The summed E-state index contributed by atoms with van der Waals surface area (Å²) in [5.74, 6) is -0.238. The number of likely N-dealkylation sites (N-methyl/N-ethyl adjacent to an activating group) is 1. The molecule has 0 fully saturated rings. The van der Waals surface area contributed by atoms with E-state index in [9.17, 15) is 9.59 Å². The molecular formula is C17H21N3O3. The summed E-state index contributed by atoms with van der Waals surface area (Å²) in [5.41, 5.74) is 0.968. The summed E-state index contributed by atoms with van der Waals surface area (Å²) in [7, 11) is 0. The largest absolute Gasteiger partial charge is 0.363 e. The van der Waals surface area contributed by atoms with E-state index in [1.54, 1.807) is 11.0 Å². The minimum atomic E-state index is -0.294. The molecule has 1 atom stereocenters. The Bertz CT molecular complexity index is 626. The van der Waals surface area contributed by atoms with Crippen molar-refractivity contribution in [1.29, 1.82) is 0 Å². The molecule has 0 radical (unpaired) electrons. The van der Waals surface area contributed by atoms with E-state index in [0.717, 1.165) is 5.56 Å². The van der Waals surface area contributed by atoms with Crippen LogP contribution >= 0.6 is 0 Å².